The summed E-state index contributed by atoms with van der Waals surface area (Å²) in [5.74, 6) is 2.11. The summed E-state index contributed by atoms with van der Waals surface area (Å²) in [7, 11) is 0. The number of hydrogen-bond acceptors (Lipinski definition) is 1. The molecule has 0 aromatic heterocycles. The van der Waals surface area contributed by atoms with Crippen molar-refractivity contribution in [3.8, 4) is 0 Å². The Labute approximate surface area is 110 Å². The minimum absolute atomic E-state index is 0.527. The van der Waals surface area contributed by atoms with Gasteiger partial charge < -0.3 is 5.11 Å². The summed E-state index contributed by atoms with van der Waals surface area (Å²) in [4.78, 5) is 0. The normalized spacial score (nSPS) is 32.1. The van der Waals surface area contributed by atoms with E-state index < -0.39 is 5.60 Å². The predicted octanol–water partition coefficient (Wildman–Crippen LogP) is 4.21. The molecule has 18 heavy (non-hydrogen) atoms. The van der Waals surface area contributed by atoms with E-state index in [0.717, 1.165) is 12.8 Å². The molecule has 1 heteroatoms. The van der Waals surface area contributed by atoms with Crippen LogP contribution in [0.1, 0.15) is 63.0 Å². The summed E-state index contributed by atoms with van der Waals surface area (Å²) in [5.41, 5.74) is 2.13. The lowest BCUT2D eigenvalue weighted by Gasteiger charge is -2.48. The fourth-order valence-electron chi connectivity index (χ4n) is 3.50. The molecule has 2 aliphatic carbocycles. The molecular weight excluding hydrogens is 220 g/mol. The second-order valence-electron chi connectivity index (χ2n) is 6.66. The van der Waals surface area contributed by atoms with Crippen molar-refractivity contribution < 1.29 is 5.11 Å². The second kappa shape index (κ2) is 4.38. The Morgan fingerprint density at radius 2 is 1.83 bits per heavy atom. The van der Waals surface area contributed by atoms with Gasteiger partial charge >= 0.3 is 0 Å². The smallest absolute Gasteiger partial charge is 0.0904 e. The van der Waals surface area contributed by atoms with Gasteiger partial charge in [-0.3, -0.25) is 0 Å². The van der Waals surface area contributed by atoms with Crippen LogP contribution >= 0.6 is 0 Å². The zero-order chi connectivity index (χ0) is 12.8. The zero-order valence-electron chi connectivity index (χ0n) is 11.5. The van der Waals surface area contributed by atoms with Crippen LogP contribution in [-0.2, 0) is 5.60 Å². The highest BCUT2D eigenvalue weighted by molar-refractivity contribution is 5.37. The summed E-state index contributed by atoms with van der Waals surface area (Å²) in [5, 5.41) is 10.8. The first-order valence-electron chi connectivity index (χ1n) is 7.42. The van der Waals surface area contributed by atoms with E-state index in [9.17, 15) is 5.11 Å². The van der Waals surface area contributed by atoms with Gasteiger partial charge in [-0.05, 0) is 54.6 Å². The molecule has 0 aliphatic heterocycles. The SMILES string of the molecule is CC(C)C1CC(O)(c2ccccc2C2CCC2)C1. The number of rotatable bonds is 3. The lowest BCUT2D eigenvalue weighted by atomic mass is 9.61. The van der Waals surface area contributed by atoms with Crippen molar-refractivity contribution in [3.05, 3.63) is 35.4 Å². The van der Waals surface area contributed by atoms with Crippen LogP contribution in [0.3, 0.4) is 0 Å². The van der Waals surface area contributed by atoms with Crippen LogP contribution in [0.4, 0.5) is 0 Å². The first-order chi connectivity index (χ1) is 8.60. The molecule has 2 saturated carbocycles. The molecule has 0 bridgehead atoms. The molecule has 0 unspecified atom stereocenters. The Balaban J connectivity index is 1.84. The topological polar surface area (TPSA) is 20.2 Å². The quantitative estimate of drug-likeness (QED) is 0.844. The molecular formula is C17H24O. The fourth-order valence-corrected chi connectivity index (χ4v) is 3.50. The van der Waals surface area contributed by atoms with Gasteiger partial charge in [0.15, 0.2) is 0 Å². The van der Waals surface area contributed by atoms with E-state index in [2.05, 4.69) is 38.1 Å². The average molecular weight is 244 g/mol. The minimum Gasteiger partial charge on any atom is -0.385 e. The standard InChI is InChI=1S/C17H24O/c1-12(2)14-10-17(18,11-14)16-9-4-3-8-15(16)13-6-5-7-13/h3-4,8-9,12-14,18H,5-7,10-11H2,1-2H3. The van der Waals surface area contributed by atoms with Crippen molar-refractivity contribution in [3.63, 3.8) is 0 Å². The molecule has 0 amide bonds. The highest BCUT2D eigenvalue weighted by Gasteiger charge is 2.46. The third-order valence-corrected chi connectivity index (χ3v) is 5.15. The van der Waals surface area contributed by atoms with Crippen LogP contribution in [0.2, 0.25) is 0 Å². The Bertz CT molecular complexity index is 425. The largest absolute Gasteiger partial charge is 0.385 e. The van der Waals surface area contributed by atoms with Gasteiger partial charge in [0.05, 0.1) is 5.60 Å². The van der Waals surface area contributed by atoms with Crippen molar-refractivity contribution in [2.75, 3.05) is 0 Å². The maximum atomic E-state index is 10.8. The summed E-state index contributed by atoms with van der Waals surface area (Å²) in [6.45, 7) is 4.53. The maximum absolute atomic E-state index is 10.8. The number of benzene rings is 1. The average Bonchev–Trinajstić information content (AvgIpc) is 2.23. The molecule has 1 aromatic rings. The molecule has 1 nitrogen and oxygen atoms in total. The molecule has 1 aromatic carbocycles. The Morgan fingerprint density at radius 3 is 2.39 bits per heavy atom. The van der Waals surface area contributed by atoms with E-state index >= 15 is 0 Å². The molecule has 0 atom stereocenters. The van der Waals surface area contributed by atoms with Crippen LogP contribution in [0, 0.1) is 11.8 Å². The van der Waals surface area contributed by atoms with E-state index in [1.807, 2.05) is 0 Å². The van der Waals surface area contributed by atoms with Crippen LogP contribution in [0.5, 0.6) is 0 Å². The Morgan fingerprint density at radius 1 is 1.17 bits per heavy atom. The van der Waals surface area contributed by atoms with Crippen molar-refractivity contribution in [1.29, 1.82) is 0 Å². The first kappa shape index (κ1) is 12.2. The Kier molecular flexibility index (Phi) is 2.97. The van der Waals surface area contributed by atoms with Crippen molar-refractivity contribution in [1.82, 2.24) is 0 Å². The van der Waals surface area contributed by atoms with Gasteiger partial charge in [-0.2, -0.15) is 0 Å². The number of aliphatic hydroxyl groups is 1. The van der Waals surface area contributed by atoms with Gasteiger partial charge in [-0.1, -0.05) is 44.5 Å². The van der Waals surface area contributed by atoms with E-state index in [4.69, 9.17) is 0 Å². The molecule has 98 valence electrons. The molecule has 0 heterocycles. The molecule has 2 fully saturated rings. The molecule has 0 radical (unpaired) electrons. The van der Waals surface area contributed by atoms with Crippen molar-refractivity contribution >= 4 is 0 Å². The monoisotopic (exact) mass is 244 g/mol. The minimum atomic E-state index is -0.527. The van der Waals surface area contributed by atoms with Gasteiger partial charge in [0.1, 0.15) is 0 Å². The summed E-state index contributed by atoms with van der Waals surface area (Å²) < 4.78 is 0. The van der Waals surface area contributed by atoms with Gasteiger partial charge in [-0.25, -0.2) is 0 Å². The summed E-state index contributed by atoms with van der Waals surface area (Å²) in [6, 6.07) is 8.60. The van der Waals surface area contributed by atoms with E-state index in [1.165, 1.54) is 30.4 Å². The molecule has 0 saturated heterocycles. The highest BCUT2D eigenvalue weighted by atomic mass is 16.3. The summed E-state index contributed by atoms with van der Waals surface area (Å²) >= 11 is 0. The lowest BCUT2D eigenvalue weighted by Crippen LogP contribution is -2.44. The van der Waals surface area contributed by atoms with Crippen LogP contribution in [0.15, 0.2) is 24.3 Å². The lowest BCUT2D eigenvalue weighted by molar-refractivity contribution is -0.0943. The molecule has 2 aliphatic rings. The number of hydrogen-bond donors (Lipinski definition) is 1. The zero-order valence-corrected chi connectivity index (χ0v) is 11.5. The predicted molar refractivity (Wildman–Crippen MR) is 74.5 cm³/mol. The van der Waals surface area contributed by atoms with Gasteiger partial charge in [0, 0.05) is 0 Å². The van der Waals surface area contributed by atoms with Crippen LogP contribution in [0.25, 0.3) is 0 Å². The van der Waals surface area contributed by atoms with E-state index in [0.29, 0.717) is 17.8 Å². The van der Waals surface area contributed by atoms with Crippen molar-refractivity contribution in [2.45, 2.75) is 57.5 Å². The van der Waals surface area contributed by atoms with Gasteiger partial charge in [0.25, 0.3) is 0 Å². The van der Waals surface area contributed by atoms with E-state index in [-0.39, 0.29) is 0 Å². The molecule has 0 spiro atoms. The van der Waals surface area contributed by atoms with Crippen molar-refractivity contribution in [2.24, 2.45) is 11.8 Å². The first-order valence-corrected chi connectivity index (χ1v) is 7.42. The highest BCUT2D eigenvalue weighted by Crippen LogP contribution is 2.51. The van der Waals surface area contributed by atoms with Gasteiger partial charge in [0.2, 0.25) is 0 Å². The van der Waals surface area contributed by atoms with Crippen LogP contribution in [-0.4, -0.2) is 5.11 Å². The maximum Gasteiger partial charge on any atom is 0.0904 e. The Hall–Kier alpha value is -0.820. The molecule has 1 N–H and O–H groups in total. The fraction of sp³-hybridized carbons (Fsp3) is 0.647. The second-order valence-corrected chi connectivity index (χ2v) is 6.66. The van der Waals surface area contributed by atoms with E-state index in [1.54, 1.807) is 0 Å². The summed E-state index contributed by atoms with van der Waals surface area (Å²) in [6.07, 6.45) is 5.87. The molecule has 3 rings (SSSR count). The van der Waals surface area contributed by atoms with Crippen LogP contribution < -0.4 is 0 Å². The third-order valence-electron chi connectivity index (χ3n) is 5.15. The van der Waals surface area contributed by atoms with Gasteiger partial charge in [-0.15, -0.1) is 0 Å². The third kappa shape index (κ3) is 1.89.